The smallest absolute Gasteiger partial charge is 0.209 e. The molecule has 0 aliphatic heterocycles. The van der Waals surface area contributed by atoms with E-state index in [0.29, 0.717) is 28.5 Å². The fourth-order valence-electron chi connectivity index (χ4n) is 5.44. The normalized spacial score (nSPS) is 11.4. The van der Waals surface area contributed by atoms with Crippen molar-refractivity contribution in [1.29, 1.82) is 0 Å². The second-order valence-corrected chi connectivity index (χ2v) is 12.2. The molecule has 0 amide bonds. The van der Waals surface area contributed by atoms with Crippen molar-refractivity contribution in [3.63, 3.8) is 0 Å². The van der Waals surface area contributed by atoms with E-state index in [4.69, 9.17) is 0 Å². The van der Waals surface area contributed by atoms with Gasteiger partial charge in [0.1, 0.15) is 4.90 Å². The highest BCUT2D eigenvalue weighted by molar-refractivity contribution is 7.91. The molecular formula is C37H31NO2S. The van der Waals surface area contributed by atoms with Crippen LogP contribution in [0.15, 0.2) is 155 Å². The lowest BCUT2D eigenvalue weighted by atomic mass is 10.0. The van der Waals surface area contributed by atoms with Crippen LogP contribution in [0.4, 0.5) is 0 Å². The van der Waals surface area contributed by atoms with E-state index in [-0.39, 0.29) is 0 Å². The van der Waals surface area contributed by atoms with Gasteiger partial charge in [0.2, 0.25) is 9.84 Å². The quantitative estimate of drug-likeness (QED) is 0.189. The second-order valence-electron chi connectivity index (χ2n) is 10.3. The molecule has 5 aromatic carbocycles. The lowest BCUT2D eigenvalue weighted by molar-refractivity contribution is 0.596. The Morgan fingerprint density at radius 1 is 0.561 bits per heavy atom. The maximum absolute atomic E-state index is 14.8. The molecule has 41 heavy (non-hydrogen) atoms. The van der Waals surface area contributed by atoms with E-state index < -0.39 is 9.84 Å². The SMILES string of the molecule is Cc1ccc(S(=O)(=O)c2c(-c3ccccc3)c(Cc3ccccc3)n(Cc3ccccc3)c2-c2ccccc2)cc1. The molecule has 1 aromatic heterocycles. The van der Waals surface area contributed by atoms with Gasteiger partial charge >= 0.3 is 0 Å². The summed E-state index contributed by atoms with van der Waals surface area (Å²) in [5.41, 5.74) is 7.42. The topological polar surface area (TPSA) is 39.1 Å². The molecule has 0 unspecified atom stereocenters. The zero-order valence-electron chi connectivity index (χ0n) is 22.9. The lowest BCUT2D eigenvalue weighted by Gasteiger charge is -2.16. The number of rotatable bonds is 8. The first-order chi connectivity index (χ1) is 20.0. The van der Waals surface area contributed by atoms with E-state index in [1.165, 1.54) is 0 Å². The first kappa shape index (κ1) is 26.5. The molecule has 0 bridgehead atoms. The molecular weight excluding hydrogens is 522 g/mol. The Labute approximate surface area is 242 Å². The minimum Gasteiger partial charge on any atom is -0.338 e. The first-order valence-corrected chi connectivity index (χ1v) is 15.3. The number of aromatic nitrogens is 1. The highest BCUT2D eigenvalue weighted by atomic mass is 32.2. The van der Waals surface area contributed by atoms with Crippen molar-refractivity contribution in [2.24, 2.45) is 0 Å². The third-order valence-corrected chi connectivity index (χ3v) is 9.26. The summed E-state index contributed by atoms with van der Waals surface area (Å²) in [5.74, 6) is 0. The van der Waals surface area contributed by atoms with Crippen LogP contribution < -0.4 is 0 Å². The molecule has 6 aromatic rings. The summed E-state index contributed by atoms with van der Waals surface area (Å²) in [4.78, 5) is 0.640. The first-order valence-electron chi connectivity index (χ1n) is 13.8. The maximum Gasteiger partial charge on any atom is 0.209 e. The third kappa shape index (κ3) is 5.39. The van der Waals surface area contributed by atoms with Crippen LogP contribution in [0.2, 0.25) is 0 Å². The van der Waals surface area contributed by atoms with Gasteiger partial charge in [-0.25, -0.2) is 8.42 Å². The van der Waals surface area contributed by atoms with E-state index in [1.54, 1.807) is 12.1 Å². The van der Waals surface area contributed by atoms with Gasteiger partial charge in [0.15, 0.2) is 0 Å². The molecule has 0 saturated carbocycles. The number of nitrogens with zero attached hydrogens (tertiary/aromatic N) is 1. The number of hydrogen-bond acceptors (Lipinski definition) is 2. The summed E-state index contributed by atoms with van der Waals surface area (Å²) in [5, 5.41) is 0. The Morgan fingerprint density at radius 3 is 1.61 bits per heavy atom. The highest BCUT2D eigenvalue weighted by Crippen LogP contribution is 2.44. The Morgan fingerprint density at radius 2 is 1.05 bits per heavy atom. The Bertz CT molecular complexity index is 1760. The van der Waals surface area contributed by atoms with Gasteiger partial charge < -0.3 is 4.57 Å². The van der Waals surface area contributed by atoms with Crippen molar-refractivity contribution in [2.45, 2.75) is 29.7 Å². The van der Waals surface area contributed by atoms with Crippen molar-refractivity contribution < 1.29 is 8.42 Å². The minimum absolute atomic E-state index is 0.292. The average molecular weight is 554 g/mol. The summed E-state index contributed by atoms with van der Waals surface area (Å²) in [7, 11) is -3.92. The molecule has 4 heteroatoms. The molecule has 0 saturated heterocycles. The van der Waals surface area contributed by atoms with Gasteiger partial charge in [-0.05, 0) is 41.3 Å². The van der Waals surface area contributed by atoms with Gasteiger partial charge in [-0.2, -0.15) is 0 Å². The van der Waals surface area contributed by atoms with E-state index in [0.717, 1.165) is 39.1 Å². The van der Waals surface area contributed by atoms with Crippen molar-refractivity contribution >= 4 is 9.84 Å². The summed E-state index contributed by atoms with van der Waals surface area (Å²) in [6.07, 6.45) is 0.584. The number of hydrogen-bond donors (Lipinski definition) is 0. The third-order valence-electron chi connectivity index (χ3n) is 7.43. The number of benzene rings is 5. The second kappa shape index (κ2) is 11.4. The Kier molecular flexibility index (Phi) is 7.41. The predicted octanol–water partition coefficient (Wildman–Crippen LogP) is 8.60. The monoisotopic (exact) mass is 553 g/mol. The van der Waals surface area contributed by atoms with Crippen LogP contribution in [0.3, 0.4) is 0 Å². The van der Waals surface area contributed by atoms with Crippen molar-refractivity contribution in [1.82, 2.24) is 4.57 Å². The van der Waals surface area contributed by atoms with Gasteiger partial charge in [0, 0.05) is 24.2 Å². The van der Waals surface area contributed by atoms with Crippen molar-refractivity contribution in [3.8, 4) is 22.4 Å². The van der Waals surface area contributed by atoms with E-state index >= 15 is 0 Å². The van der Waals surface area contributed by atoms with Gasteiger partial charge in [-0.3, -0.25) is 0 Å². The fourth-order valence-corrected chi connectivity index (χ4v) is 7.15. The van der Waals surface area contributed by atoms with E-state index in [9.17, 15) is 8.42 Å². The Balaban J connectivity index is 1.75. The fraction of sp³-hybridized carbons (Fsp3) is 0.0811. The van der Waals surface area contributed by atoms with Crippen LogP contribution in [-0.4, -0.2) is 13.0 Å². The maximum atomic E-state index is 14.8. The standard InChI is InChI=1S/C37H31NO2S/c1-28-22-24-33(25-23-28)41(39,40)37-35(31-18-10-4-11-19-31)34(26-29-14-6-2-7-15-29)38(27-30-16-8-3-9-17-30)36(37)32-20-12-5-13-21-32/h2-25H,26-27H2,1H3. The molecule has 1 heterocycles. The van der Waals surface area contributed by atoms with Gasteiger partial charge in [-0.15, -0.1) is 0 Å². The Hall–Kier alpha value is -4.67. The van der Waals surface area contributed by atoms with Gasteiger partial charge in [0.05, 0.1) is 10.6 Å². The summed E-state index contributed by atoms with van der Waals surface area (Å²) in [6.45, 7) is 2.51. The molecule has 3 nitrogen and oxygen atoms in total. The van der Waals surface area contributed by atoms with Crippen LogP contribution in [0, 0.1) is 6.92 Å². The molecule has 0 aliphatic rings. The summed E-state index contributed by atoms with van der Waals surface area (Å²) in [6, 6.07) is 47.5. The zero-order chi connectivity index (χ0) is 28.2. The minimum atomic E-state index is -3.92. The zero-order valence-corrected chi connectivity index (χ0v) is 23.8. The average Bonchev–Trinajstić information content (AvgIpc) is 3.33. The predicted molar refractivity (Wildman–Crippen MR) is 167 cm³/mol. The molecule has 0 radical (unpaired) electrons. The largest absolute Gasteiger partial charge is 0.338 e. The number of aryl methyl sites for hydroxylation is 1. The van der Waals surface area contributed by atoms with Gasteiger partial charge in [-0.1, -0.05) is 139 Å². The summed E-state index contributed by atoms with van der Waals surface area (Å²) < 4.78 is 31.8. The molecule has 0 aliphatic carbocycles. The van der Waals surface area contributed by atoms with Crippen LogP contribution in [0.25, 0.3) is 22.4 Å². The van der Waals surface area contributed by atoms with Gasteiger partial charge in [0.25, 0.3) is 0 Å². The molecule has 0 fully saturated rings. The van der Waals surface area contributed by atoms with Crippen LogP contribution in [-0.2, 0) is 22.8 Å². The molecule has 6 rings (SSSR count). The number of sulfone groups is 1. The summed E-state index contributed by atoms with van der Waals surface area (Å²) >= 11 is 0. The van der Waals surface area contributed by atoms with Crippen molar-refractivity contribution in [3.05, 3.63) is 168 Å². The van der Waals surface area contributed by atoms with E-state index in [1.807, 2.05) is 116 Å². The highest BCUT2D eigenvalue weighted by Gasteiger charge is 2.34. The van der Waals surface area contributed by atoms with Crippen LogP contribution in [0.1, 0.15) is 22.4 Å². The lowest BCUT2D eigenvalue weighted by Crippen LogP contribution is -2.08. The molecule has 202 valence electrons. The van der Waals surface area contributed by atoms with E-state index in [2.05, 4.69) is 28.8 Å². The van der Waals surface area contributed by atoms with Crippen LogP contribution >= 0.6 is 0 Å². The van der Waals surface area contributed by atoms with Crippen LogP contribution in [0.5, 0.6) is 0 Å². The molecule has 0 N–H and O–H groups in total. The molecule has 0 atom stereocenters. The van der Waals surface area contributed by atoms with Crippen molar-refractivity contribution in [2.75, 3.05) is 0 Å². The molecule has 0 spiro atoms.